The summed E-state index contributed by atoms with van der Waals surface area (Å²) in [7, 11) is 3.03. The zero-order valence-corrected chi connectivity index (χ0v) is 13.8. The molecule has 8 nitrogen and oxygen atoms in total. The Bertz CT molecular complexity index is 852. The van der Waals surface area contributed by atoms with Crippen LogP contribution >= 0.6 is 0 Å². The zero-order valence-electron chi connectivity index (χ0n) is 13.8. The number of rotatable bonds is 7. The quantitative estimate of drug-likeness (QED) is 0.767. The Morgan fingerprint density at radius 2 is 1.96 bits per heavy atom. The number of imidazole rings is 1. The van der Waals surface area contributed by atoms with Crippen LogP contribution in [-0.4, -0.2) is 25.2 Å². The topological polar surface area (TPSA) is 97.6 Å². The number of aryl methyl sites for hydroxylation is 2. The lowest BCUT2D eigenvalue weighted by atomic mass is 10.2. The van der Waals surface area contributed by atoms with Crippen molar-refractivity contribution in [2.45, 2.75) is 39.2 Å². The summed E-state index contributed by atoms with van der Waals surface area (Å²) >= 11 is 0. The minimum atomic E-state index is -0.412. The number of nitrogens with one attached hydrogen (secondary N) is 1. The van der Waals surface area contributed by atoms with Crippen LogP contribution in [0.5, 0.6) is 0 Å². The van der Waals surface area contributed by atoms with Gasteiger partial charge in [-0.1, -0.05) is 19.8 Å². The molecule has 0 fully saturated rings. The molecule has 0 radical (unpaired) electrons. The molecule has 23 heavy (non-hydrogen) atoms. The Hall–Kier alpha value is -2.56. The van der Waals surface area contributed by atoms with Crippen molar-refractivity contribution in [3.8, 4) is 6.07 Å². The second-order valence-electron chi connectivity index (χ2n) is 5.51. The molecule has 0 bridgehead atoms. The third-order valence-electron chi connectivity index (χ3n) is 3.86. The van der Waals surface area contributed by atoms with Crippen LogP contribution in [0.4, 0.5) is 5.95 Å². The molecule has 0 aromatic carbocycles. The maximum atomic E-state index is 12.5. The first-order chi connectivity index (χ1) is 11.0. The monoisotopic (exact) mass is 318 g/mol. The highest BCUT2D eigenvalue weighted by Crippen LogP contribution is 2.16. The molecule has 0 saturated heterocycles. The number of anilines is 1. The van der Waals surface area contributed by atoms with Crippen LogP contribution in [0.25, 0.3) is 11.2 Å². The van der Waals surface area contributed by atoms with Crippen LogP contribution in [0.3, 0.4) is 0 Å². The van der Waals surface area contributed by atoms with Crippen molar-refractivity contribution in [1.29, 1.82) is 5.26 Å². The SMILES string of the molecule is CCCCCNc1nc2c(c(=O)n(C)c(=O)n2C)n1CCC#N. The van der Waals surface area contributed by atoms with Gasteiger partial charge in [-0.3, -0.25) is 13.9 Å². The Kier molecular flexibility index (Phi) is 5.21. The van der Waals surface area contributed by atoms with Gasteiger partial charge >= 0.3 is 5.69 Å². The van der Waals surface area contributed by atoms with Crippen molar-refractivity contribution < 1.29 is 0 Å². The number of fused-ring (bicyclic) bond motifs is 1. The highest BCUT2D eigenvalue weighted by atomic mass is 16.2. The molecule has 0 aliphatic heterocycles. The van der Waals surface area contributed by atoms with E-state index >= 15 is 0 Å². The molecule has 2 heterocycles. The fraction of sp³-hybridized carbons (Fsp3) is 0.600. The molecule has 0 aliphatic rings. The lowest BCUT2D eigenvalue weighted by Gasteiger charge is -2.09. The van der Waals surface area contributed by atoms with E-state index in [1.807, 2.05) is 0 Å². The molecule has 1 N–H and O–H groups in total. The van der Waals surface area contributed by atoms with E-state index in [2.05, 4.69) is 23.3 Å². The molecule has 0 unspecified atom stereocenters. The van der Waals surface area contributed by atoms with Crippen molar-refractivity contribution >= 4 is 17.1 Å². The summed E-state index contributed by atoms with van der Waals surface area (Å²) in [6.07, 6.45) is 3.48. The normalized spacial score (nSPS) is 10.9. The van der Waals surface area contributed by atoms with Crippen molar-refractivity contribution in [3.05, 3.63) is 20.8 Å². The van der Waals surface area contributed by atoms with E-state index in [4.69, 9.17) is 5.26 Å². The maximum Gasteiger partial charge on any atom is 0.332 e. The van der Waals surface area contributed by atoms with E-state index in [0.717, 1.165) is 30.4 Å². The van der Waals surface area contributed by atoms with Gasteiger partial charge < -0.3 is 9.88 Å². The largest absolute Gasteiger partial charge is 0.356 e. The Morgan fingerprint density at radius 3 is 2.61 bits per heavy atom. The first-order valence-electron chi connectivity index (χ1n) is 7.80. The standard InChI is InChI=1S/C15H22N6O2/c1-4-5-6-9-17-14-18-12-11(21(14)10-7-8-16)13(22)20(3)15(23)19(12)2/h4-7,9-10H2,1-3H3,(H,17,18). The zero-order chi connectivity index (χ0) is 17.0. The van der Waals surface area contributed by atoms with Crippen molar-refractivity contribution in [2.24, 2.45) is 14.1 Å². The van der Waals surface area contributed by atoms with Crippen LogP contribution in [0.1, 0.15) is 32.6 Å². The first-order valence-corrected chi connectivity index (χ1v) is 7.80. The summed E-state index contributed by atoms with van der Waals surface area (Å²) in [6.45, 7) is 3.22. The highest BCUT2D eigenvalue weighted by molar-refractivity contribution is 5.74. The van der Waals surface area contributed by atoms with Gasteiger partial charge in [-0.15, -0.1) is 0 Å². The van der Waals surface area contributed by atoms with Gasteiger partial charge in [0, 0.05) is 27.2 Å². The van der Waals surface area contributed by atoms with E-state index in [0.29, 0.717) is 23.7 Å². The molecule has 0 saturated carbocycles. The number of hydrogen-bond donors (Lipinski definition) is 1. The lowest BCUT2D eigenvalue weighted by molar-refractivity contribution is 0.690. The summed E-state index contributed by atoms with van der Waals surface area (Å²) < 4.78 is 4.12. The highest BCUT2D eigenvalue weighted by Gasteiger charge is 2.18. The second kappa shape index (κ2) is 7.13. The van der Waals surface area contributed by atoms with E-state index in [1.54, 1.807) is 11.6 Å². The van der Waals surface area contributed by atoms with Crippen LogP contribution in [0.15, 0.2) is 9.59 Å². The molecule has 0 atom stereocenters. The number of nitriles is 1. The Balaban J connectivity index is 2.56. The van der Waals surface area contributed by atoms with Gasteiger partial charge in [-0.05, 0) is 6.42 Å². The molecule has 0 aliphatic carbocycles. The van der Waals surface area contributed by atoms with Crippen LogP contribution in [-0.2, 0) is 20.6 Å². The maximum absolute atomic E-state index is 12.5. The van der Waals surface area contributed by atoms with Crippen molar-refractivity contribution in [2.75, 3.05) is 11.9 Å². The van der Waals surface area contributed by atoms with Gasteiger partial charge in [-0.25, -0.2) is 4.79 Å². The first kappa shape index (κ1) is 16.8. The molecule has 0 spiro atoms. The minimum absolute atomic E-state index is 0.265. The lowest BCUT2D eigenvalue weighted by Crippen LogP contribution is -2.37. The van der Waals surface area contributed by atoms with Gasteiger partial charge in [0.05, 0.1) is 12.5 Å². The predicted octanol–water partition coefficient (Wildman–Crippen LogP) is 0.949. The third kappa shape index (κ3) is 3.13. The summed E-state index contributed by atoms with van der Waals surface area (Å²) in [6, 6.07) is 2.08. The van der Waals surface area contributed by atoms with E-state index in [1.165, 1.54) is 11.6 Å². The van der Waals surface area contributed by atoms with Gasteiger partial charge in [0.25, 0.3) is 5.56 Å². The van der Waals surface area contributed by atoms with Gasteiger partial charge in [0.15, 0.2) is 11.2 Å². The molecule has 124 valence electrons. The van der Waals surface area contributed by atoms with Gasteiger partial charge in [-0.2, -0.15) is 10.2 Å². The molecule has 2 aromatic heterocycles. The van der Waals surface area contributed by atoms with Crippen LogP contribution in [0, 0.1) is 11.3 Å². The average Bonchev–Trinajstić information content (AvgIpc) is 2.91. The van der Waals surface area contributed by atoms with Gasteiger partial charge in [0.2, 0.25) is 5.95 Å². The smallest absolute Gasteiger partial charge is 0.332 e. The van der Waals surface area contributed by atoms with Crippen molar-refractivity contribution in [3.63, 3.8) is 0 Å². The van der Waals surface area contributed by atoms with Crippen LogP contribution < -0.4 is 16.6 Å². The molecule has 0 amide bonds. The predicted molar refractivity (Wildman–Crippen MR) is 88.5 cm³/mol. The van der Waals surface area contributed by atoms with E-state index in [9.17, 15) is 9.59 Å². The number of aromatic nitrogens is 4. The molecular formula is C15H22N6O2. The third-order valence-corrected chi connectivity index (χ3v) is 3.86. The summed E-state index contributed by atoms with van der Waals surface area (Å²) in [4.78, 5) is 28.9. The summed E-state index contributed by atoms with van der Waals surface area (Å²) in [5.74, 6) is 0.532. The molecule has 2 rings (SSSR count). The van der Waals surface area contributed by atoms with Crippen LogP contribution in [0.2, 0.25) is 0 Å². The number of unbranched alkanes of at least 4 members (excludes halogenated alkanes) is 2. The minimum Gasteiger partial charge on any atom is -0.356 e. The molecule has 8 heteroatoms. The Labute approximate surface area is 134 Å². The summed E-state index contributed by atoms with van der Waals surface area (Å²) in [5, 5.41) is 12.1. The fourth-order valence-electron chi connectivity index (χ4n) is 2.54. The van der Waals surface area contributed by atoms with E-state index in [-0.39, 0.29) is 6.42 Å². The Morgan fingerprint density at radius 1 is 1.22 bits per heavy atom. The number of hydrogen-bond acceptors (Lipinski definition) is 5. The average molecular weight is 318 g/mol. The van der Waals surface area contributed by atoms with Gasteiger partial charge in [0.1, 0.15) is 0 Å². The van der Waals surface area contributed by atoms with Crippen molar-refractivity contribution in [1.82, 2.24) is 18.7 Å². The fourth-order valence-corrected chi connectivity index (χ4v) is 2.54. The molecule has 2 aromatic rings. The van der Waals surface area contributed by atoms with E-state index < -0.39 is 11.2 Å². The molecular weight excluding hydrogens is 296 g/mol. The number of nitrogens with zero attached hydrogens (tertiary/aromatic N) is 5. The summed E-state index contributed by atoms with van der Waals surface area (Å²) in [5.41, 5.74) is -0.114. The second-order valence-corrected chi connectivity index (χ2v) is 5.51.